The van der Waals surface area contributed by atoms with E-state index in [1.165, 1.54) is 7.11 Å². The Morgan fingerprint density at radius 2 is 2.42 bits per heavy atom. The highest BCUT2D eigenvalue weighted by Gasteiger charge is 2.03. The molecule has 1 aromatic heterocycles. The van der Waals surface area contributed by atoms with Crippen LogP contribution >= 0.6 is 11.8 Å². The van der Waals surface area contributed by atoms with E-state index in [0.717, 1.165) is 4.90 Å². The van der Waals surface area contributed by atoms with Gasteiger partial charge in [-0.15, -0.1) is 11.8 Å². The van der Waals surface area contributed by atoms with E-state index in [1.807, 2.05) is 12.3 Å². The molecule has 3 nitrogen and oxygen atoms in total. The molecule has 0 unspecified atom stereocenters. The molecule has 0 fully saturated rings. The monoisotopic (exact) mass is 180 g/mol. The number of thioether (sulfide) groups is 1. The van der Waals surface area contributed by atoms with E-state index in [-0.39, 0.29) is 0 Å². The predicted octanol–water partition coefficient (Wildman–Crippen LogP) is 1.68. The van der Waals surface area contributed by atoms with Gasteiger partial charge in [0.25, 0.3) is 0 Å². The first-order chi connectivity index (χ1) is 5.81. The largest absolute Gasteiger partial charge is 0.494 e. The SMILES string of the molecule is COc1cc(SC)cnc1C#N. The van der Waals surface area contributed by atoms with Gasteiger partial charge in [-0.2, -0.15) is 5.26 Å². The summed E-state index contributed by atoms with van der Waals surface area (Å²) in [6.07, 6.45) is 3.61. The van der Waals surface area contributed by atoms with Crippen molar-refractivity contribution in [3.63, 3.8) is 0 Å². The molecule has 0 radical (unpaired) electrons. The van der Waals surface area contributed by atoms with Gasteiger partial charge in [-0.1, -0.05) is 0 Å². The third kappa shape index (κ3) is 1.69. The second-order valence-corrected chi connectivity index (χ2v) is 2.92. The van der Waals surface area contributed by atoms with Crippen LogP contribution < -0.4 is 4.74 Å². The lowest BCUT2D eigenvalue weighted by atomic mass is 10.3. The van der Waals surface area contributed by atoms with Crippen LogP contribution in [0.4, 0.5) is 0 Å². The number of pyridine rings is 1. The average Bonchev–Trinajstić information content (AvgIpc) is 2.16. The van der Waals surface area contributed by atoms with E-state index >= 15 is 0 Å². The van der Waals surface area contributed by atoms with Crippen LogP contribution in [0, 0.1) is 11.3 Å². The molecule has 0 saturated carbocycles. The van der Waals surface area contributed by atoms with Crippen LogP contribution in [0.3, 0.4) is 0 Å². The molecule has 1 rings (SSSR count). The maximum absolute atomic E-state index is 8.61. The zero-order chi connectivity index (χ0) is 8.97. The summed E-state index contributed by atoms with van der Waals surface area (Å²) in [6, 6.07) is 3.75. The number of aromatic nitrogens is 1. The lowest BCUT2D eigenvalue weighted by molar-refractivity contribution is 0.410. The summed E-state index contributed by atoms with van der Waals surface area (Å²) >= 11 is 1.57. The van der Waals surface area contributed by atoms with Gasteiger partial charge in [-0.3, -0.25) is 0 Å². The number of nitriles is 1. The summed E-state index contributed by atoms with van der Waals surface area (Å²) in [5.74, 6) is 0.532. The van der Waals surface area contributed by atoms with Gasteiger partial charge in [0.2, 0.25) is 0 Å². The van der Waals surface area contributed by atoms with Gasteiger partial charge in [0, 0.05) is 11.1 Å². The number of ether oxygens (including phenoxy) is 1. The lowest BCUT2D eigenvalue weighted by Gasteiger charge is -2.02. The number of rotatable bonds is 2. The molecule has 0 amide bonds. The molecular weight excluding hydrogens is 172 g/mol. The fraction of sp³-hybridized carbons (Fsp3) is 0.250. The fourth-order valence-electron chi connectivity index (χ4n) is 0.778. The molecule has 4 heteroatoms. The van der Waals surface area contributed by atoms with E-state index in [1.54, 1.807) is 24.0 Å². The second-order valence-electron chi connectivity index (χ2n) is 2.04. The van der Waals surface area contributed by atoms with Gasteiger partial charge in [0.15, 0.2) is 11.4 Å². The molecule has 0 spiro atoms. The minimum atomic E-state index is 0.329. The van der Waals surface area contributed by atoms with Crippen LogP contribution in [-0.2, 0) is 0 Å². The van der Waals surface area contributed by atoms with Crippen LogP contribution in [0.15, 0.2) is 17.2 Å². The summed E-state index contributed by atoms with van der Waals surface area (Å²) in [4.78, 5) is 4.92. The molecule has 12 heavy (non-hydrogen) atoms. The van der Waals surface area contributed by atoms with Gasteiger partial charge in [0.05, 0.1) is 7.11 Å². The summed E-state index contributed by atoms with van der Waals surface area (Å²) in [6.45, 7) is 0. The summed E-state index contributed by atoms with van der Waals surface area (Å²) in [5.41, 5.74) is 0.329. The zero-order valence-electron chi connectivity index (χ0n) is 6.87. The Hall–Kier alpha value is -1.21. The molecule has 0 bridgehead atoms. The van der Waals surface area contributed by atoms with Gasteiger partial charge in [-0.05, 0) is 12.3 Å². The Balaban J connectivity index is 3.13. The molecule has 1 aromatic rings. The molecule has 0 N–H and O–H groups in total. The summed E-state index contributed by atoms with van der Waals surface area (Å²) in [5, 5.41) is 8.61. The predicted molar refractivity (Wildman–Crippen MR) is 47.3 cm³/mol. The third-order valence-corrected chi connectivity index (χ3v) is 2.08. The van der Waals surface area contributed by atoms with Crippen LogP contribution in [0.25, 0.3) is 0 Å². The first-order valence-corrected chi connectivity index (χ1v) is 4.52. The van der Waals surface area contributed by atoms with Crippen molar-refractivity contribution in [3.05, 3.63) is 18.0 Å². The van der Waals surface area contributed by atoms with Crippen molar-refractivity contribution in [2.45, 2.75) is 4.90 Å². The Morgan fingerprint density at radius 3 is 2.92 bits per heavy atom. The summed E-state index contributed by atoms with van der Waals surface area (Å²) in [7, 11) is 1.53. The molecule has 1 heterocycles. The molecule has 0 aromatic carbocycles. The Labute approximate surface area is 75.4 Å². The highest BCUT2D eigenvalue weighted by Crippen LogP contribution is 2.21. The van der Waals surface area contributed by atoms with Gasteiger partial charge < -0.3 is 4.74 Å². The Bertz CT molecular complexity index is 319. The van der Waals surface area contributed by atoms with E-state index in [2.05, 4.69) is 4.98 Å². The van der Waals surface area contributed by atoms with E-state index in [4.69, 9.17) is 10.00 Å². The fourth-order valence-corrected chi connectivity index (χ4v) is 1.16. The smallest absolute Gasteiger partial charge is 0.182 e. The van der Waals surface area contributed by atoms with E-state index in [9.17, 15) is 0 Å². The van der Waals surface area contributed by atoms with Crippen molar-refractivity contribution in [3.8, 4) is 11.8 Å². The van der Waals surface area contributed by atoms with E-state index in [0.29, 0.717) is 11.4 Å². The lowest BCUT2D eigenvalue weighted by Crippen LogP contribution is -1.91. The molecule has 0 atom stereocenters. The van der Waals surface area contributed by atoms with Gasteiger partial charge >= 0.3 is 0 Å². The van der Waals surface area contributed by atoms with Crippen molar-refractivity contribution >= 4 is 11.8 Å². The number of hydrogen-bond donors (Lipinski definition) is 0. The van der Waals surface area contributed by atoms with Gasteiger partial charge in [-0.25, -0.2) is 4.98 Å². The van der Waals surface area contributed by atoms with Crippen molar-refractivity contribution < 1.29 is 4.74 Å². The highest BCUT2D eigenvalue weighted by atomic mass is 32.2. The molecule has 62 valence electrons. The maximum Gasteiger partial charge on any atom is 0.182 e. The second kappa shape index (κ2) is 3.98. The quantitative estimate of drug-likeness (QED) is 0.650. The van der Waals surface area contributed by atoms with Crippen molar-refractivity contribution in [2.75, 3.05) is 13.4 Å². The number of methoxy groups -OCH3 is 1. The minimum Gasteiger partial charge on any atom is -0.494 e. The zero-order valence-corrected chi connectivity index (χ0v) is 7.68. The van der Waals surface area contributed by atoms with Crippen LogP contribution in [0.1, 0.15) is 5.69 Å². The number of nitrogens with zero attached hydrogens (tertiary/aromatic N) is 2. The van der Waals surface area contributed by atoms with E-state index < -0.39 is 0 Å². The van der Waals surface area contributed by atoms with Crippen molar-refractivity contribution in [2.24, 2.45) is 0 Å². The number of hydrogen-bond acceptors (Lipinski definition) is 4. The van der Waals surface area contributed by atoms with Gasteiger partial charge in [0.1, 0.15) is 6.07 Å². The molecular formula is C8H8N2OS. The first-order valence-electron chi connectivity index (χ1n) is 3.30. The maximum atomic E-state index is 8.61. The topological polar surface area (TPSA) is 45.9 Å². The van der Waals surface area contributed by atoms with Crippen molar-refractivity contribution in [1.29, 1.82) is 5.26 Å². The van der Waals surface area contributed by atoms with Crippen LogP contribution in [-0.4, -0.2) is 18.3 Å². The standard InChI is InChI=1S/C8H8N2OS/c1-11-8-3-6(12-2)5-10-7(8)4-9/h3,5H,1-2H3. The average molecular weight is 180 g/mol. The Kier molecular flexibility index (Phi) is 2.94. The first kappa shape index (κ1) is 8.88. The normalized spacial score (nSPS) is 9.08. The molecule has 0 aliphatic heterocycles. The van der Waals surface area contributed by atoms with Crippen molar-refractivity contribution in [1.82, 2.24) is 4.98 Å². The summed E-state index contributed by atoms with van der Waals surface area (Å²) < 4.78 is 4.98. The minimum absolute atomic E-state index is 0.329. The molecule has 0 aliphatic carbocycles. The highest BCUT2D eigenvalue weighted by molar-refractivity contribution is 7.98. The van der Waals surface area contributed by atoms with Crippen LogP contribution in [0.2, 0.25) is 0 Å². The third-order valence-electron chi connectivity index (χ3n) is 1.39. The molecule has 0 aliphatic rings. The van der Waals surface area contributed by atoms with Crippen LogP contribution in [0.5, 0.6) is 5.75 Å². The molecule has 0 saturated heterocycles. The Morgan fingerprint density at radius 1 is 1.67 bits per heavy atom.